The number of halogens is 1. The van der Waals surface area contributed by atoms with E-state index in [1.54, 1.807) is 11.3 Å². The molecule has 1 saturated heterocycles. The van der Waals surface area contributed by atoms with Crippen LogP contribution in [0.15, 0.2) is 17.5 Å². The quantitative estimate of drug-likeness (QED) is 0.799. The molecule has 1 aliphatic rings. The molecule has 1 aromatic rings. The molecule has 1 fully saturated rings. The Balaban J connectivity index is 1.89. The predicted octanol–water partition coefficient (Wildman–Crippen LogP) is 1.91. The summed E-state index contributed by atoms with van der Waals surface area (Å²) in [5.41, 5.74) is 0. The van der Waals surface area contributed by atoms with Crippen LogP contribution in [-0.2, 0) is 16.0 Å². The van der Waals surface area contributed by atoms with Gasteiger partial charge in [0.1, 0.15) is 0 Å². The summed E-state index contributed by atoms with van der Waals surface area (Å²) in [6, 6.07) is 3.98. The first-order chi connectivity index (χ1) is 7.79. The van der Waals surface area contributed by atoms with Gasteiger partial charge in [-0.25, -0.2) is 0 Å². The molecule has 0 aromatic carbocycles. The summed E-state index contributed by atoms with van der Waals surface area (Å²) in [4.78, 5) is 15.0. The van der Waals surface area contributed by atoms with Gasteiger partial charge < -0.3 is 9.64 Å². The zero-order valence-corrected chi connectivity index (χ0v) is 11.3. The monoisotopic (exact) mass is 303 g/mol. The molecule has 2 heterocycles. The number of thiophene rings is 1. The van der Waals surface area contributed by atoms with Crippen molar-refractivity contribution in [1.29, 1.82) is 0 Å². The van der Waals surface area contributed by atoms with E-state index in [4.69, 9.17) is 4.74 Å². The average molecular weight is 304 g/mol. The molecule has 5 heteroatoms. The summed E-state index contributed by atoms with van der Waals surface area (Å²) >= 11 is 5.02. The highest BCUT2D eigenvalue weighted by atomic mass is 79.9. The number of morpholine rings is 1. The Hall–Kier alpha value is -0.390. The summed E-state index contributed by atoms with van der Waals surface area (Å²) in [6.07, 6.45) is 0.660. The maximum Gasteiger partial charge on any atom is 0.227 e. The van der Waals surface area contributed by atoms with Crippen molar-refractivity contribution in [2.75, 3.05) is 25.0 Å². The fraction of sp³-hybridized carbons (Fsp3) is 0.545. The van der Waals surface area contributed by atoms with Gasteiger partial charge in [-0.15, -0.1) is 11.3 Å². The van der Waals surface area contributed by atoms with Crippen LogP contribution in [0.25, 0.3) is 0 Å². The van der Waals surface area contributed by atoms with Gasteiger partial charge in [-0.2, -0.15) is 0 Å². The predicted molar refractivity (Wildman–Crippen MR) is 68.1 cm³/mol. The smallest absolute Gasteiger partial charge is 0.227 e. The molecular formula is C11H14BrNO2S. The number of nitrogens with zero attached hydrogens (tertiary/aromatic N) is 1. The lowest BCUT2D eigenvalue weighted by molar-refractivity contribution is -0.137. The highest BCUT2D eigenvalue weighted by molar-refractivity contribution is 9.09. The van der Waals surface area contributed by atoms with Gasteiger partial charge in [-0.3, -0.25) is 4.79 Å². The summed E-state index contributed by atoms with van der Waals surface area (Å²) in [5, 5.41) is 2.79. The first-order valence-electron chi connectivity index (χ1n) is 5.27. The number of ether oxygens (including phenoxy) is 1. The van der Waals surface area contributed by atoms with Crippen molar-refractivity contribution in [2.24, 2.45) is 0 Å². The number of alkyl halides is 1. The average Bonchev–Trinajstić information content (AvgIpc) is 2.82. The van der Waals surface area contributed by atoms with Crippen LogP contribution in [0, 0.1) is 0 Å². The molecule has 0 bridgehead atoms. The molecule has 1 aliphatic heterocycles. The maximum atomic E-state index is 12.0. The van der Waals surface area contributed by atoms with E-state index in [0.717, 1.165) is 10.2 Å². The van der Waals surface area contributed by atoms with Gasteiger partial charge >= 0.3 is 0 Å². The van der Waals surface area contributed by atoms with Crippen molar-refractivity contribution in [3.8, 4) is 0 Å². The zero-order chi connectivity index (χ0) is 11.4. The number of carbonyl (C=O) groups excluding carboxylic acids is 1. The van der Waals surface area contributed by atoms with Crippen LogP contribution in [0.4, 0.5) is 0 Å². The molecule has 0 spiro atoms. The first kappa shape index (κ1) is 12.1. The Morgan fingerprint density at radius 1 is 1.69 bits per heavy atom. The number of amides is 1. The molecule has 1 amide bonds. The van der Waals surface area contributed by atoms with E-state index in [1.165, 1.54) is 0 Å². The zero-order valence-electron chi connectivity index (χ0n) is 8.89. The van der Waals surface area contributed by atoms with Gasteiger partial charge in [0, 0.05) is 23.3 Å². The lowest BCUT2D eigenvalue weighted by Crippen LogP contribution is -2.46. The van der Waals surface area contributed by atoms with Gasteiger partial charge in [-0.05, 0) is 11.4 Å². The second kappa shape index (κ2) is 5.80. The van der Waals surface area contributed by atoms with E-state index in [-0.39, 0.29) is 12.0 Å². The Morgan fingerprint density at radius 2 is 2.56 bits per heavy atom. The molecule has 2 rings (SSSR count). The number of carbonyl (C=O) groups is 1. The third-order valence-electron chi connectivity index (χ3n) is 2.57. The van der Waals surface area contributed by atoms with Crippen molar-refractivity contribution in [2.45, 2.75) is 12.5 Å². The van der Waals surface area contributed by atoms with E-state index in [1.807, 2.05) is 22.4 Å². The standard InChI is InChI=1S/C11H14BrNO2S/c12-7-9-8-13(3-4-15-9)11(14)6-10-2-1-5-16-10/h1-2,5,9H,3-4,6-8H2. The van der Waals surface area contributed by atoms with Crippen LogP contribution in [0.2, 0.25) is 0 Å². The van der Waals surface area contributed by atoms with Crippen LogP contribution in [-0.4, -0.2) is 41.9 Å². The molecule has 0 saturated carbocycles. The third kappa shape index (κ3) is 3.06. The van der Waals surface area contributed by atoms with Gasteiger partial charge in [0.05, 0.1) is 19.1 Å². The minimum Gasteiger partial charge on any atom is -0.374 e. The number of rotatable bonds is 3. The summed E-state index contributed by atoms with van der Waals surface area (Å²) in [6.45, 7) is 2.07. The molecule has 16 heavy (non-hydrogen) atoms. The molecule has 3 nitrogen and oxygen atoms in total. The fourth-order valence-corrected chi connectivity index (χ4v) is 2.80. The van der Waals surface area contributed by atoms with E-state index in [0.29, 0.717) is 26.1 Å². The lowest BCUT2D eigenvalue weighted by atomic mass is 10.2. The van der Waals surface area contributed by atoms with Gasteiger partial charge in [-0.1, -0.05) is 22.0 Å². The van der Waals surface area contributed by atoms with Crippen LogP contribution in [0.5, 0.6) is 0 Å². The van der Waals surface area contributed by atoms with Crippen LogP contribution >= 0.6 is 27.3 Å². The largest absolute Gasteiger partial charge is 0.374 e. The van der Waals surface area contributed by atoms with Crippen LogP contribution < -0.4 is 0 Å². The van der Waals surface area contributed by atoms with E-state index < -0.39 is 0 Å². The van der Waals surface area contributed by atoms with E-state index in [9.17, 15) is 4.79 Å². The Bertz CT molecular complexity index is 342. The SMILES string of the molecule is O=C(Cc1cccs1)N1CCOC(CBr)C1. The molecule has 0 aliphatic carbocycles. The van der Waals surface area contributed by atoms with Crippen molar-refractivity contribution >= 4 is 33.2 Å². The van der Waals surface area contributed by atoms with Crippen molar-refractivity contribution in [3.05, 3.63) is 22.4 Å². The molecule has 1 unspecified atom stereocenters. The highest BCUT2D eigenvalue weighted by Crippen LogP contribution is 2.13. The van der Waals surface area contributed by atoms with Crippen molar-refractivity contribution in [1.82, 2.24) is 4.90 Å². The van der Waals surface area contributed by atoms with Gasteiger partial charge in [0.15, 0.2) is 0 Å². The Kier molecular flexibility index (Phi) is 4.37. The topological polar surface area (TPSA) is 29.5 Å². The maximum absolute atomic E-state index is 12.0. The molecule has 1 aromatic heterocycles. The molecule has 88 valence electrons. The van der Waals surface area contributed by atoms with Gasteiger partial charge in [0.25, 0.3) is 0 Å². The van der Waals surface area contributed by atoms with E-state index in [2.05, 4.69) is 15.9 Å². The Labute approximate surface area is 108 Å². The lowest BCUT2D eigenvalue weighted by Gasteiger charge is -2.32. The van der Waals surface area contributed by atoms with Crippen LogP contribution in [0.1, 0.15) is 4.88 Å². The minimum absolute atomic E-state index is 0.140. The van der Waals surface area contributed by atoms with Gasteiger partial charge in [0.2, 0.25) is 5.91 Å². The fourth-order valence-electron chi connectivity index (χ4n) is 1.71. The number of hydrogen-bond donors (Lipinski definition) is 0. The molecule has 1 atom stereocenters. The molecule has 0 radical (unpaired) electrons. The van der Waals surface area contributed by atoms with Crippen molar-refractivity contribution in [3.63, 3.8) is 0 Å². The number of hydrogen-bond acceptors (Lipinski definition) is 3. The summed E-state index contributed by atoms with van der Waals surface area (Å²) in [7, 11) is 0. The highest BCUT2D eigenvalue weighted by Gasteiger charge is 2.23. The van der Waals surface area contributed by atoms with E-state index >= 15 is 0 Å². The summed E-state index contributed by atoms with van der Waals surface area (Å²) in [5.74, 6) is 0.205. The molecule has 0 N–H and O–H groups in total. The minimum atomic E-state index is 0.140. The summed E-state index contributed by atoms with van der Waals surface area (Å²) < 4.78 is 5.50. The first-order valence-corrected chi connectivity index (χ1v) is 7.27. The van der Waals surface area contributed by atoms with Crippen molar-refractivity contribution < 1.29 is 9.53 Å². The Morgan fingerprint density at radius 3 is 3.25 bits per heavy atom. The third-order valence-corrected chi connectivity index (χ3v) is 4.17. The van der Waals surface area contributed by atoms with Crippen LogP contribution in [0.3, 0.4) is 0 Å². The normalized spacial score (nSPS) is 21.1. The second-order valence-corrected chi connectivity index (χ2v) is 5.42. The second-order valence-electron chi connectivity index (χ2n) is 3.74. The molecular weight excluding hydrogens is 290 g/mol.